The van der Waals surface area contributed by atoms with Gasteiger partial charge < -0.3 is 19.2 Å². The third kappa shape index (κ3) is 3.24. The van der Waals surface area contributed by atoms with E-state index in [4.69, 9.17) is 26.1 Å². The first-order valence-corrected chi connectivity index (χ1v) is 8.89. The third-order valence-corrected chi connectivity index (χ3v) is 4.92. The van der Waals surface area contributed by atoms with E-state index in [1.807, 2.05) is 0 Å². The van der Waals surface area contributed by atoms with Crippen LogP contribution in [0, 0.1) is 0 Å². The van der Waals surface area contributed by atoms with E-state index in [0.717, 1.165) is 5.39 Å². The molecule has 0 bridgehead atoms. The number of aromatic nitrogens is 3. The van der Waals surface area contributed by atoms with Gasteiger partial charge >= 0.3 is 6.01 Å². The fraction of sp³-hybridized carbons (Fsp3) is 0.118. The molecule has 0 unspecified atom stereocenters. The Kier molecular flexibility index (Phi) is 4.50. The number of nitrogens with one attached hydrogen (secondary N) is 1. The summed E-state index contributed by atoms with van der Waals surface area (Å²) in [6, 6.07) is 1.99. The molecule has 1 amide bonds. The van der Waals surface area contributed by atoms with Crippen LogP contribution in [0.1, 0.15) is 5.76 Å². The van der Waals surface area contributed by atoms with Gasteiger partial charge in [0.25, 0.3) is 5.91 Å². The highest BCUT2D eigenvalue weighted by Gasteiger charge is 2.23. The van der Waals surface area contributed by atoms with Crippen molar-refractivity contribution in [1.82, 2.24) is 20.3 Å². The molecule has 1 N–H and O–H groups in total. The molecule has 0 spiro atoms. The first-order valence-electron chi connectivity index (χ1n) is 7.67. The average molecular weight is 400 g/mol. The minimum atomic E-state index is -0.242. The summed E-state index contributed by atoms with van der Waals surface area (Å²) < 4.78 is 16.8. The maximum atomic E-state index is 11.8. The molecule has 8 nitrogen and oxygen atoms in total. The highest BCUT2D eigenvalue weighted by molar-refractivity contribution is 8.26. The standard InChI is InChI=1S/C17H12N4O4S2/c1-23-15-11(7-19-16(21-15)24-2)10-6-18-5-8-3-9(25-13(8)10)4-12-14(22)20-17(26)27-12/h3-7H,1-2H3,(H,20,22,26). The van der Waals surface area contributed by atoms with Gasteiger partial charge in [0.2, 0.25) is 5.88 Å². The van der Waals surface area contributed by atoms with Crippen LogP contribution in [0.5, 0.6) is 11.9 Å². The van der Waals surface area contributed by atoms with Crippen LogP contribution in [0.3, 0.4) is 0 Å². The summed E-state index contributed by atoms with van der Waals surface area (Å²) in [4.78, 5) is 24.9. The number of amides is 1. The Balaban J connectivity index is 1.82. The zero-order valence-electron chi connectivity index (χ0n) is 14.2. The Morgan fingerprint density at radius 1 is 1.22 bits per heavy atom. The van der Waals surface area contributed by atoms with E-state index < -0.39 is 0 Å². The minimum Gasteiger partial charge on any atom is -0.480 e. The number of hydrogen-bond acceptors (Lipinski definition) is 9. The van der Waals surface area contributed by atoms with Crippen LogP contribution in [0.25, 0.3) is 28.2 Å². The predicted octanol–water partition coefficient (Wildman–Crippen LogP) is 2.79. The number of fused-ring (bicyclic) bond motifs is 1. The lowest BCUT2D eigenvalue weighted by molar-refractivity contribution is -0.115. The molecule has 10 heteroatoms. The second-order valence-electron chi connectivity index (χ2n) is 5.39. The fourth-order valence-electron chi connectivity index (χ4n) is 2.59. The number of furan rings is 1. The Morgan fingerprint density at radius 2 is 2.07 bits per heavy atom. The molecule has 0 aromatic carbocycles. The molecule has 0 aliphatic carbocycles. The van der Waals surface area contributed by atoms with Crippen LogP contribution in [0.2, 0.25) is 0 Å². The van der Waals surface area contributed by atoms with Gasteiger partial charge in [-0.25, -0.2) is 4.98 Å². The van der Waals surface area contributed by atoms with Gasteiger partial charge in [-0.1, -0.05) is 24.0 Å². The number of hydrogen-bond donors (Lipinski definition) is 1. The molecule has 3 aromatic rings. The van der Waals surface area contributed by atoms with Gasteiger partial charge in [0.1, 0.15) is 15.7 Å². The van der Waals surface area contributed by atoms with Gasteiger partial charge in [-0.15, -0.1) is 0 Å². The molecular weight excluding hydrogens is 388 g/mol. The molecule has 0 radical (unpaired) electrons. The van der Waals surface area contributed by atoms with Crippen molar-refractivity contribution in [3.05, 3.63) is 35.3 Å². The summed E-state index contributed by atoms with van der Waals surface area (Å²) in [6.45, 7) is 0. The van der Waals surface area contributed by atoms with Crippen molar-refractivity contribution in [1.29, 1.82) is 0 Å². The zero-order valence-corrected chi connectivity index (χ0v) is 15.8. The molecular formula is C17H12N4O4S2. The van der Waals surface area contributed by atoms with Crippen LogP contribution in [0.4, 0.5) is 0 Å². The molecule has 4 rings (SSSR count). The second kappa shape index (κ2) is 6.97. The summed E-state index contributed by atoms with van der Waals surface area (Å²) in [7, 11) is 2.99. The molecule has 136 valence electrons. The maximum Gasteiger partial charge on any atom is 0.319 e. The van der Waals surface area contributed by atoms with Gasteiger partial charge in [0, 0.05) is 30.1 Å². The van der Waals surface area contributed by atoms with Crippen molar-refractivity contribution in [2.75, 3.05) is 14.2 Å². The van der Waals surface area contributed by atoms with Gasteiger partial charge in [-0.05, 0) is 6.07 Å². The van der Waals surface area contributed by atoms with E-state index in [0.29, 0.717) is 37.6 Å². The number of pyridine rings is 1. The molecule has 27 heavy (non-hydrogen) atoms. The van der Waals surface area contributed by atoms with Gasteiger partial charge in [-0.2, -0.15) is 4.98 Å². The van der Waals surface area contributed by atoms with Crippen molar-refractivity contribution in [3.8, 4) is 23.0 Å². The van der Waals surface area contributed by atoms with Crippen LogP contribution in [-0.2, 0) is 4.79 Å². The van der Waals surface area contributed by atoms with Crippen LogP contribution in [0.15, 0.2) is 34.0 Å². The van der Waals surface area contributed by atoms with Gasteiger partial charge in [-0.3, -0.25) is 9.78 Å². The predicted molar refractivity (Wildman–Crippen MR) is 104 cm³/mol. The SMILES string of the molecule is COc1ncc(-c2cncc3cc(C=C4SC(=S)NC4=O)oc23)c(OC)n1. The largest absolute Gasteiger partial charge is 0.480 e. The zero-order chi connectivity index (χ0) is 19.0. The van der Waals surface area contributed by atoms with Crippen molar-refractivity contribution in [2.24, 2.45) is 0 Å². The van der Waals surface area contributed by atoms with Crippen molar-refractivity contribution in [3.63, 3.8) is 0 Å². The Morgan fingerprint density at radius 3 is 2.78 bits per heavy atom. The molecule has 1 aliphatic heterocycles. The Bertz CT molecular complexity index is 1110. The Labute approximate surface area is 163 Å². The van der Waals surface area contributed by atoms with E-state index in [1.165, 1.54) is 26.0 Å². The molecule has 4 heterocycles. The summed E-state index contributed by atoms with van der Waals surface area (Å²) in [5.41, 5.74) is 1.85. The topological polar surface area (TPSA) is 99.4 Å². The number of nitrogens with zero attached hydrogens (tertiary/aromatic N) is 3. The number of carbonyl (C=O) groups excluding carboxylic acids is 1. The van der Waals surface area contributed by atoms with Crippen LogP contribution in [-0.4, -0.2) is 39.4 Å². The summed E-state index contributed by atoms with van der Waals surface area (Å²) in [5.74, 6) is 0.604. The minimum absolute atomic E-state index is 0.195. The van der Waals surface area contributed by atoms with Crippen molar-refractivity contribution in [2.45, 2.75) is 0 Å². The van der Waals surface area contributed by atoms with E-state index in [-0.39, 0.29) is 11.9 Å². The smallest absolute Gasteiger partial charge is 0.319 e. The molecule has 1 fully saturated rings. The van der Waals surface area contributed by atoms with E-state index in [2.05, 4.69) is 20.3 Å². The fourth-order valence-corrected chi connectivity index (χ4v) is 3.61. The van der Waals surface area contributed by atoms with E-state index >= 15 is 0 Å². The van der Waals surface area contributed by atoms with Gasteiger partial charge in [0.15, 0.2) is 0 Å². The van der Waals surface area contributed by atoms with E-state index in [9.17, 15) is 4.79 Å². The first-order chi connectivity index (χ1) is 13.1. The molecule has 0 saturated carbocycles. The average Bonchev–Trinajstić information content (AvgIpc) is 3.23. The van der Waals surface area contributed by atoms with Crippen LogP contribution >= 0.6 is 24.0 Å². The quantitative estimate of drug-likeness (QED) is 0.523. The highest BCUT2D eigenvalue weighted by atomic mass is 32.2. The number of carbonyl (C=O) groups is 1. The monoisotopic (exact) mass is 400 g/mol. The number of thioether (sulfide) groups is 1. The lowest BCUT2D eigenvalue weighted by atomic mass is 10.1. The number of ether oxygens (including phenoxy) is 2. The summed E-state index contributed by atoms with van der Waals surface area (Å²) in [6.07, 6.45) is 6.54. The van der Waals surface area contributed by atoms with Crippen molar-refractivity contribution < 1.29 is 18.7 Å². The lowest BCUT2D eigenvalue weighted by Crippen LogP contribution is -2.17. The third-order valence-electron chi connectivity index (χ3n) is 3.75. The van der Waals surface area contributed by atoms with Gasteiger partial charge in [0.05, 0.1) is 30.3 Å². The molecule has 3 aromatic heterocycles. The van der Waals surface area contributed by atoms with Crippen molar-refractivity contribution >= 4 is 51.3 Å². The number of thiocarbonyl (C=S) groups is 1. The Hall–Kier alpha value is -2.98. The molecule has 1 aliphatic rings. The number of rotatable bonds is 4. The summed E-state index contributed by atoms with van der Waals surface area (Å²) >= 11 is 6.19. The molecule has 1 saturated heterocycles. The molecule has 0 atom stereocenters. The lowest BCUT2D eigenvalue weighted by Gasteiger charge is -2.08. The van der Waals surface area contributed by atoms with Crippen LogP contribution < -0.4 is 14.8 Å². The number of methoxy groups -OCH3 is 2. The highest BCUT2D eigenvalue weighted by Crippen LogP contribution is 2.36. The van der Waals surface area contributed by atoms with E-state index in [1.54, 1.807) is 30.7 Å². The summed E-state index contributed by atoms with van der Waals surface area (Å²) in [5, 5.41) is 3.34. The maximum absolute atomic E-state index is 11.8. The first kappa shape index (κ1) is 17.4. The normalized spacial score (nSPS) is 15.4. The second-order valence-corrected chi connectivity index (χ2v) is 7.10.